The van der Waals surface area contributed by atoms with Crippen molar-refractivity contribution in [2.75, 3.05) is 39.3 Å². The van der Waals surface area contributed by atoms with Gasteiger partial charge in [-0.2, -0.15) is 13.2 Å². The standard InChI is InChI=1S/C20H31F3N4/c1-3-12-27-13-10-17(15-27)14-26-19(24-4-2)25-11-9-16-5-7-18(8-6-16)20(21,22)23/h5-8,17H,3-4,9-15H2,1-2H3,(H2,24,25,26). The van der Waals surface area contributed by atoms with Crippen molar-refractivity contribution >= 4 is 5.96 Å². The van der Waals surface area contributed by atoms with E-state index < -0.39 is 11.7 Å². The first-order chi connectivity index (χ1) is 12.9. The molecule has 0 aromatic heterocycles. The minimum atomic E-state index is -4.28. The maximum absolute atomic E-state index is 12.6. The molecule has 0 radical (unpaired) electrons. The Balaban J connectivity index is 1.78. The zero-order valence-corrected chi connectivity index (χ0v) is 16.3. The number of halogens is 3. The number of guanidine groups is 1. The largest absolute Gasteiger partial charge is 0.416 e. The fourth-order valence-electron chi connectivity index (χ4n) is 3.33. The van der Waals surface area contributed by atoms with Crippen LogP contribution < -0.4 is 10.6 Å². The van der Waals surface area contributed by atoms with Crippen molar-refractivity contribution < 1.29 is 13.2 Å². The number of benzene rings is 1. The quantitative estimate of drug-likeness (QED) is 0.532. The Morgan fingerprint density at radius 1 is 1.19 bits per heavy atom. The molecule has 1 aromatic carbocycles. The molecule has 1 atom stereocenters. The second kappa shape index (κ2) is 10.5. The molecule has 1 aromatic rings. The SMILES string of the molecule is CCCN1CCC(CN=C(NCC)NCCc2ccc(C(F)(F)F)cc2)C1. The maximum Gasteiger partial charge on any atom is 0.416 e. The molecule has 0 bridgehead atoms. The predicted molar refractivity (Wildman–Crippen MR) is 104 cm³/mol. The van der Waals surface area contributed by atoms with E-state index in [-0.39, 0.29) is 0 Å². The van der Waals surface area contributed by atoms with Crippen molar-refractivity contribution in [2.45, 2.75) is 39.3 Å². The molecule has 1 fully saturated rings. The molecule has 1 heterocycles. The van der Waals surface area contributed by atoms with E-state index in [2.05, 4.69) is 27.4 Å². The first-order valence-electron chi connectivity index (χ1n) is 9.83. The van der Waals surface area contributed by atoms with Gasteiger partial charge in [-0.25, -0.2) is 0 Å². The minimum Gasteiger partial charge on any atom is -0.357 e. The van der Waals surface area contributed by atoms with E-state index >= 15 is 0 Å². The molecule has 0 saturated carbocycles. The van der Waals surface area contributed by atoms with Gasteiger partial charge in [0.2, 0.25) is 0 Å². The van der Waals surface area contributed by atoms with E-state index in [0.29, 0.717) is 18.9 Å². The molecule has 1 unspecified atom stereocenters. The molecule has 0 amide bonds. The van der Waals surface area contributed by atoms with Crippen molar-refractivity contribution in [2.24, 2.45) is 10.9 Å². The second-order valence-electron chi connectivity index (χ2n) is 7.05. The van der Waals surface area contributed by atoms with Gasteiger partial charge in [0.05, 0.1) is 5.56 Å². The summed E-state index contributed by atoms with van der Waals surface area (Å²) in [6, 6.07) is 5.35. The van der Waals surface area contributed by atoms with Crippen molar-refractivity contribution in [3.63, 3.8) is 0 Å². The fraction of sp³-hybridized carbons (Fsp3) is 0.650. The maximum atomic E-state index is 12.6. The Hall–Kier alpha value is -1.76. The normalized spacial score (nSPS) is 18.7. The molecule has 2 rings (SSSR count). The summed E-state index contributed by atoms with van der Waals surface area (Å²) < 4.78 is 37.8. The van der Waals surface area contributed by atoms with E-state index in [0.717, 1.165) is 56.4 Å². The monoisotopic (exact) mass is 384 g/mol. The number of rotatable bonds is 8. The molecule has 7 heteroatoms. The molecule has 0 spiro atoms. The predicted octanol–water partition coefficient (Wildman–Crippen LogP) is 3.53. The van der Waals surface area contributed by atoms with Gasteiger partial charge in [0.25, 0.3) is 0 Å². The van der Waals surface area contributed by atoms with Gasteiger partial charge < -0.3 is 15.5 Å². The average molecular weight is 384 g/mol. The van der Waals surface area contributed by atoms with Crippen LogP contribution in [0.15, 0.2) is 29.3 Å². The van der Waals surface area contributed by atoms with Crippen molar-refractivity contribution in [1.29, 1.82) is 0 Å². The van der Waals surface area contributed by atoms with Crippen LogP contribution in [0.1, 0.15) is 37.8 Å². The molecule has 152 valence electrons. The van der Waals surface area contributed by atoms with Gasteiger partial charge in [0, 0.05) is 26.2 Å². The highest BCUT2D eigenvalue weighted by molar-refractivity contribution is 5.79. The Bertz CT molecular complexity index is 584. The summed E-state index contributed by atoms with van der Waals surface area (Å²) in [7, 11) is 0. The van der Waals surface area contributed by atoms with Crippen LogP contribution in [0.3, 0.4) is 0 Å². The van der Waals surface area contributed by atoms with Crippen LogP contribution in [-0.4, -0.2) is 50.1 Å². The lowest BCUT2D eigenvalue weighted by Crippen LogP contribution is -2.38. The highest BCUT2D eigenvalue weighted by Gasteiger charge is 2.29. The van der Waals surface area contributed by atoms with Gasteiger partial charge in [0.1, 0.15) is 0 Å². The summed E-state index contributed by atoms with van der Waals surface area (Å²) >= 11 is 0. The van der Waals surface area contributed by atoms with Crippen LogP contribution in [0.5, 0.6) is 0 Å². The number of alkyl halides is 3. The number of likely N-dealkylation sites (tertiary alicyclic amines) is 1. The number of nitrogens with zero attached hydrogens (tertiary/aromatic N) is 2. The highest BCUT2D eigenvalue weighted by atomic mass is 19.4. The van der Waals surface area contributed by atoms with E-state index in [1.807, 2.05) is 6.92 Å². The molecule has 4 nitrogen and oxygen atoms in total. The lowest BCUT2D eigenvalue weighted by atomic mass is 10.1. The van der Waals surface area contributed by atoms with Crippen LogP contribution >= 0.6 is 0 Å². The first-order valence-corrected chi connectivity index (χ1v) is 9.83. The zero-order chi connectivity index (χ0) is 19.7. The van der Waals surface area contributed by atoms with Crippen LogP contribution in [0.25, 0.3) is 0 Å². The average Bonchev–Trinajstić information content (AvgIpc) is 3.07. The molecule has 1 saturated heterocycles. The summed E-state index contributed by atoms with van der Waals surface area (Å²) in [4.78, 5) is 7.18. The zero-order valence-electron chi connectivity index (χ0n) is 16.3. The number of hydrogen-bond donors (Lipinski definition) is 2. The Morgan fingerprint density at radius 3 is 2.56 bits per heavy atom. The van der Waals surface area contributed by atoms with Crippen LogP contribution in [0.4, 0.5) is 13.2 Å². The molecular weight excluding hydrogens is 353 g/mol. The van der Waals surface area contributed by atoms with E-state index in [1.54, 1.807) is 0 Å². The van der Waals surface area contributed by atoms with Crippen LogP contribution in [0.2, 0.25) is 0 Å². The smallest absolute Gasteiger partial charge is 0.357 e. The summed E-state index contributed by atoms with van der Waals surface area (Å²) in [6.07, 6.45) is -1.26. The van der Waals surface area contributed by atoms with Crippen LogP contribution in [-0.2, 0) is 12.6 Å². The topological polar surface area (TPSA) is 39.7 Å². The van der Waals surface area contributed by atoms with Crippen molar-refractivity contribution in [3.05, 3.63) is 35.4 Å². The van der Waals surface area contributed by atoms with E-state index in [1.165, 1.54) is 25.0 Å². The van der Waals surface area contributed by atoms with Crippen LogP contribution in [0, 0.1) is 5.92 Å². The van der Waals surface area contributed by atoms with Crippen molar-refractivity contribution in [3.8, 4) is 0 Å². The fourth-order valence-corrected chi connectivity index (χ4v) is 3.33. The molecule has 1 aliphatic rings. The van der Waals surface area contributed by atoms with Gasteiger partial charge in [-0.1, -0.05) is 19.1 Å². The Labute approximate surface area is 160 Å². The molecule has 2 N–H and O–H groups in total. The molecule has 0 aliphatic carbocycles. The Morgan fingerprint density at radius 2 is 1.93 bits per heavy atom. The summed E-state index contributed by atoms with van der Waals surface area (Å²) in [6.45, 7) is 9.86. The van der Waals surface area contributed by atoms with Gasteiger partial charge >= 0.3 is 6.18 Å². The third-order valence-electron chi connectivity index (χ3n) is 4.75. The van der Waals surface area contributed by atoms with E-state index in [9.17, 15) is 13.2 Å². The number of nitrogens with one attached hydrogen (secondary N) is 2. The van der Waals surface area contributed by atoms with Gasteiger partial charge in [-0.05, 0) is 62.9 Å². The van der Waals surface area contributed by atoms with E-state index in [4.69, 9.17) is 0 Å². The highest BCUT2D eigenvalue weighted by Crippen LogP contribution is 2.29. The third kappa shape index (κ3) is 7.40. The third-order valence-corrected chi connectivity index (χ3v) is 4.75. The lowest BCUT2D eigenvalue weighted by Gasteiger charge is -2.15. The molecule has 1 aliphatic heterocycles. The van der Waals surface area contributed by atoms with Gasteiger partial charge in [-0.3, -0.25) is 4.99 Å². The van der Waals surface area contributed by atoms with Gasteiger partial charge in [0.15, 0.2) is 5.96 Å². The second-order valence-corrected chi connectivity index (χ2v) is 7.05. The lowest BCUT2D eigenvalue weighted by molar-refractivity contribution is -0.137. The molecule has 27 heavy (non-hydrogen) atoms. The van der Waals surface area contributed by atoms with Crippen molar-refractivity contribution in [1.82, 2.24) is 15.5 Å². The summed E-state index contributed by atoms with van der Waals surface area (Å²) in [5, 5.41) is 6.51. The number of aliphatic imine (C=N–C) groups is 1. The number of hydrogen-bond acceptors (Lipinski definition) is 2. The minimum absolute atomic E-state index is 0.599. The summed E-state index contributed by atoms with van der Waals surface area (Å²) in [5.74, 6) is 1.38. The van der Waals surface area contributed by atoms with Gasteiger partial charge in [-0.15, -0.1) is 0 Å². The summed E-state index contributed by atoms with van der Waals surface area (Å²) in [5.41, 5.74) is 0.264. The molecular formula is C20H31F3N4. The first kappa shape index (κ1) is 21.5. The Kier molecular flexibility index (Phi) is 8.41.